The van der Waals surface area contributed by atoms with E-state index in [0.717, 1.165) is 10.6 Å². The van der Waals surface area contributed by atoms with Crippen LogP contribution < -0.4 is 0 Å². The summed E-state index contributed by atoms with van der Waals surface area (Å²) in [4.78, 5) is 14.5. The van der Waals surface area contributed by atoms with Crippen LogP contribution in [0.15, 0.2) is 29.3 Å². The molecule has 0 fully saturated rings. The van der Waals surface area contributed by atoms with Gasteiger partial charge in [0.2, 0.25) is 0 Å². The maximum absolute atomic E-state index is 11.3. The SMILES string of the molecule is CC1=C[C@H](C(=O)O)[C@@](C)(c2cccs2)N1C. The minimum absolute atomic E-state index is 0.454. The van der Waals surface area contributed by atoms with E-state index in [2.05, 4.69) is 4.90 Å². The van der Waals surface area contributed by atoms with Crippen molar-refractivity contribution in [3.05, 3.63) is 34.2 Å². The van der Waals surface area contributed by atoms with E-state index in [1.165, 1.54) is 0 Å². The average molecular weight is 237 g/mol. The van der Waals surface area contributed by atoms with Crippen molar-refractivity contribution in [3.8, 4) is 0 Å². The summed E-state index contributed by atoms with van der Waals surface area (Å²) in [5, 5.41) is 11.3. The number of thiophene rings is 1. The average Bonchev–Trinajstić information content (AvgIpc) is 2.82. The lowest BCUT2D eigenvalue weighted by molar-refractivity contribution is -0.143. The van der Waals surface area contributed by atoms with Crippen molar-refractivity contribution < 1.29 is 9.90 Å². The Labute approximate surface area is 99.0 Å². The molecule has 0 spiro atoms. The third-order valence-electron chi connectivity index (χ3n) is 3.53. The molecule has 2 rings (SSSR count). The van der Waals surface area contributed by atoms with Gasteiger partial charge in [-0.25, -0.2) is 0 Å². The molecule has 1 N–H and O–H groups in total. The van der Waals surface area contributed by atoms with Crippen molar-refractivity contribution in [2.45, 2.75) is 19.4 Å². The van der Waals surface area contributed by atoms with Gasteiger partial charge >= 0.3 is 5.97 Å². The van der Waals surface area contributed by atoms with E-state index in [4.69, 9.17) is 0 Å². The standard InChI is InChI=1S/C12H15NO2S/c1-8-7-9(11(14)15)12(2,13(8)3)10-5-4-6-16-10/h4-7,9H,1-3H3,(H,14,15)/t9-,12+/m1/s1. The fourth-order valence-corrected chi connectivity index (χ4v) is 3.25. The molecule has 0 aliphatic carbocycles. The fraction of sp³-hybridized carbons (Fsp3) is 0.417. The van der Waals surface area contributed by atoms with Crippen LogP contribution in [-0.2, 0) is 10.3 Å². The zero-order chi connectivity index (χ0) is 11.9. The number of carboxylic acids is 1. The summed E-state index contributed by atoms with van der Waals surface area (Å²) in [6.45, 7) is 3.94. The first-order valence-corrected chi connectivity index (χ1v) is 6.05. The van der Waals surface area contributed by atoms with Gasteiger partial charge in [0.25, 0.3) is 0 Å². The molecular weight excluding hydrogens is 222 g/mol. The number of allylic oxidation sites excluding steroid dienone is 1. The second kappa shape index (κ2) is 3.63. The van der Waals surface area contributed by atoms with Crippen molar-refractivity contribution in [3.63, 3.8) is 0 Å². The first-order valence-electron chi connectivity index (χ1n) is 5.17. The molecule has 4 heteroatoms. The lowest BCUT2D eigenvalue weighted by Crippen LogP contribution is -2.43. The molecule has 0 unspecified atom stereocenters. The molecule has 1 aliphatic rings. The Kier molecular flexibility index (Phi) is 2.54. The summed E-state index contributed by atoms with van der Waals surface area (Å²) in [7, 11) is 1.95. The van der Waals surface area contributed by atoms with Gasteiger partial charge in [-0.2, -0.15) is 0 Å². The quantitative estimate of drug-likeness (QED) is 0.859. The second-order valence-corrected chi connectivity index (χ2v) is 5.26. The van der Waals surface area contributed by atoms with Crippen LogP contribution in [0.2, 0.25) is 0 Å². The van der Waals surface area contributed by atoms with E-state index in [0.29, 0.717) is 0 Å². The van der Waals surface area contributed by atoms with Gasteiger partial charge in [-0.05, 0) is 31.4 Å². The first-order chi connectivity index (χ1) is 7.48. The van der Waals surface area contributed by atoms with Crippen molar-refractivity contribution in [2.24, 2.45) is 5.92 Å². The summed E-state index contributed by atoms with van der Waals surface area (Å²) in [5.74, 6) is -1.24. The van der Waals surface area contributed by atoms with Crippen molar-refractivity contribution >= 4 is 17.3 Å². The van der Waals surface area contributed by atoms with E-state index < -0.39 is 17.4 Å². The van der Waals surface area contributed by atoms with Crippen LogP contribution >= 0.6 is 11.3 Å². The number of hydrogen-bond acceptors (Lipinski definition) is 3. The van der Waals surface area contributed by atoms with Gasteiger partial charge in [-0.1, -0.05) is 6.07 Å². The normalized spacial score (nSPS) is 29.3. The topological polar surface area (TPSA) is 40.5 Å². The van der Waals surface area contributed by atoms with Crippen LogP contribution in [0.1, 0.15) is 18.7 Å². The molecule has 1 aromatic rings. The molecular formula is C12H15NO2S. The molecule has 16 heavy (non-hydrogen) atoms. The van der Waals surface area contributed by atoms with E-state index >= 15 is 0 Å². The number of nitrogens with zero attached hydrogens (tertiary/aromatic N) is 1. The van der Waals surface area contributed by atoms with Gasteiger partial charge in [0, 0.05) is 17.6 Å². The Morgan fingerprint density at radius 2 is 2.31 bits per heavy atom. The zero-order valence-electron chi connectivity index (χ0n) is 9.60. The lowest BCUT2D eigenvalue weighted by Gasteiger charge is -2.37. The van der Waals surface area contributed by atoms with Crippen molar-refractivity contribution in [1.82, 2.24) is 4.90 Å². The molecule has 2 heterocycles. The molecule has 0 amide bonds. The van der Waals surface area contributed by atoms with Crippen LogP contribution in [0.4, 0.5) is 0 Å². The Morgan fingerprint density at radius 3 is 2.81 bits per heavy atom. The van der Waals surface area contributed by atoms with Crippen LogP contribution in [-0.4, -0.2) is 23.0 Å². The van der Waals surface area contributed by atoms with Crippen LogP contribution in [0.3, 0.4) is 0 Å². The maximum Gasteiger partial charge on any atom is 0.313 e. The van der Waals surface area contributed by atoms with E-state index in [1.54, 1.807) is 11.3 Å². The van der Waals surface area contributed by atoms with Gasteiger partial charge in [0.05, 0.1) is 5.54 Å². The van der Waals surface area contributed by atoms with E-state index in [9.17, 15) is 9.90 Å². The van der Waals surface area contributed by atoms with E-state index in [-0.39, 0.29) is 0 Å². The fourth-order valence-electron chi connectivity index (χ4n) is 2.29. The lowest BCUT2D eigenvalue weighted by atomic mass is 9.86. The zero-order valence-corrected chi connectivity index (χ0v) is 10.4. The molecule has 0 saturated carbocycles. The van der Waals surface area contributed by atoms with Gasteiger partial charge in [0.1, 0.15) is 5.92 Å². The van der Waals surface area contributed by atoms with E-state index in [1.807, 2.05) is 44.5 Å². The number of carboxylic acid groups (broad SMARTS) is 1. The monoisotopic (exact) mass is 237 g/mol. The summed E-state index contributed by atoms with van der Waals surface area (Å²) in [5.41, 5.74) is 0.563. The Bertz CT molecular complexity index is 438. The van der Waals surface area contributed by atoms with Gasteiger partial charge < -0.3 is 10.0 Å². The molecule has 1 aliphatic heterocycles. The highest BCUT2D eigenvalue weighted by Crippen LogP contribution is 2.45. The van der Waals surface area contributed by atoms with Crippen LogP contribution in [0.25, 0.3) is 0 Å². The van der Waals surface area contributed by atoms with Gasteiger partial charge in [0.15, 0.2) is 0 Å². The summed E-state index contributed by atoms with van der Waals surface area (Å²) >= 11 is 1.61. The molecule has 86 valence electrons. The third-order valence-corrected chi connectivity index (χ3v) is 4.62. The first kappa shape index (κ1) is 11.2. The van der Waals surface area contributed by atoms with Crippen LogP contribution in [0, 0.1) is 5.92 Å². The number of carbonyl (C=O) groups is 1. The summed E-state index contributed by atoms with van der Waals surface area (Å²) in [6.07, 6.45) is 1.84. The highest BCUT2D eigenvalue weighted by molar-refractivity contribution is 7.10. The van der Waals surface area contributed by atoms with Gasteiger partial charge in [-0.15, -0.1) is 11.3 Å². The Hall–Kier alpha value is -1.29. The predicted molar refractivity (Wildman–Crippen MR) is 64.3 cm³/mol. The third kappa shape index (κ3) is 1.37. The number of aliphatic carboxylic acids is 1. The van der Waals surface area contributed by atoms with Crippen molar-refractivity contribution in [1.29, 1.82) is 0 Å². The number of hydrogen-bond donors (Lipinski definition) is 1. The summed E-state index contributed by atoms with van der Waals surface area (Å²) in [6, 6.07) is 3.97. The second-order valence-electron chi connectivity index (χ2n) is 4.31. The molecule has 0 aromatic carbocycles. The molecule has 3 nitrogen and oxygen atoms in total. The highest BCUT2D eigenvalue weighted by atomic mass is 32.1. The number of rotatable bonds is 2. The largest absolute Gasteiger partial charge is 0.481 e. The molecule has 0 bridgehead atoms. The minimum atomic E-state index is -0.764. The highest BCUT2D eigenvalue weighted by Gasteiger charge is 2.47. The molecule has 1 aromatic heterocycles. The smallest absolute Gasteiger partial charge is 0.313 e. The van der Waals surface area contributed by atoms with Crippen LogP contribution in [0.5, 0.6) is 0 Å². The Balaban J connectivity index is 2.50. The molecule has 0 radical (unpaired) electrons. The molecule has 2 atom stereocenters. The Morgan fingerprint density at radius 1 is 1.62 bits per heavy atom. The molecule has 0 saturated heterocycles. The summed E-state index contributed by atoms with van der Waals surface area (Å²) < 4.78 is 0. The maximum atomic E-state index is 11.3. The van der Waals surface area contributed by atoms with Crippen molar-refractivity contribution in [2.75, 3.05) is 7.05 Å². The predicted octanol–water partition coefficient (Wildman–Crippen LogP) is 2.51. The van der Waals surface area contributed by atoms with Gasteiger partial charge in [-0.3, -0.25) is 4.79 Å². The minimum Gasteiger partial charge on any atom is -0.481 e.